The van der Waals surface area contributed by atoms with Crippen LogP contribution < -0.4 is 5.73 Å². The fraction of sp³-hybridized carbons (Fsp3) is 0.250. The molecule has 0 radical (unpaired) electrons. The summed E-state index contributed by atoms with van der Waals surface area (Å²) in [5.41, 5.74) is 7.86. The molecule has 1 aromatic rings. The molecule has 1 fully saturated rings. The summed E-state index contributed by atoms with van der Waals surface area (Å²) in [4.78, 5) is 11.1. The number of carbonyl (C=O) groups excluding carboxylic acids is 1. The zero-order valence-electron chi connectivity index (χ0n) is 7.68. The molecule has 0 saturated heterocycles. The van der Waals surface area contributed by atoms with Gasteiger partial charge in [0.25, 0.3) is 0 Å². The molecule has 0 unspecified atom stereocenters. The molecule has 2 aliphatic rings. The Bertz CT molecular complexity index is 436. The van der Waals surface area contributed by atoms with Crippen molar-refractivity contribution in [2.75, 3.05) is 0 Å². The summed E-state index contributed by atoms with van der Waals surface area (Å²) in [5.74, 6) is 0.590. The van der Waals surface area contributed by atoms with Crippen LogP contribution in [0.1, 0.15) is 17.0 Å². The smallest absolute Gasteiger partial charge is 0.221 e. The van der Waals surface area contributed by atoms with E-state index in [4.69, 9.17) is 5.73 Å². The maximum Gasteiger partial charge on any atom is 0.221 e. The van der Waals surface area contributed by atoms with E-state index in [1.807, 2.05) is 12.1 Å². The SMILES string of the molecule is NC(=O)[C@@H]1[C@H]2C=Cc3ccccc3[C@H]21. The quantitative estimate of drug-likeness (QED) is 0.708. The Kier molecular flexibility index (Phi) is 1.38. The first-order valence-corrected chi connectivity index (χ1v) is 4.85. The number of allylic oxidation sites excluding steroid dienone is 1. The van der Waals surface area contributed by atoms with Crippen molar-refractivity contribution in [1.29, 1.82) is 0 Å². The van der Waals surface area contributed by atoms with Crippen LogP contribution in [0.3, 0.4) is 0 Å². The van der Waals surface area contributed by atoms with Crippen molar-refractivity contribution in [3.63, 3.8) is 0 Å². The molecule has 1 saturated carbocycles. The van der Waals surface area contributed by atoms with Crippen LogP contribution in [0, 0.1) is 11.8 Å². The van der Waals surface area contributed by atoms with Crippen molar-refractivity contribution in [3.8, 4) is 0 Å². The predicted molar refractivity (Wildman–Crippen MR) is 54.4 cm³/mol. The van der Waals surface area contributed by atoms with Gasteiger partial charge in [0.1, 0.15) is 0 Å². The minimum atomic E-state index is -0.165. The van der Waals surface area contributed by atoms with Gasteiger partial charge in [-0.25, -0.2) is 0 Å². The molecule has 0 bridgehead atoms. The number of benzene rings is 1. The van der Waals surface area contributed by atoms with Gasteiger partial charge < -0.3 is 5.73 Å². The van der Waals surface area contributed by atoms with Crippen molar-refractivity contribution in [3.05, 3.63) is 41.5 Å². The van der Waals surface area contributed by atoms with Crippen molar-refractivity contribution in [2.24, 2.45) is 17.6 Å². The van der Waals surface area contributed by atoms with Crippen molar-refractivity contribution in [2.45, 2.75) is 5.92 Å². The van der Waals surface area contributed by atoms with Gasteiger partial charge in [0, 0.05) is 5.92 Å². The lowest BCUT2D eigenvalue weighted by molar-refractivity contribution is -0.119. The highest BCUT2D eigenvalue weighted by Gasteiger charge is 2.54. The van der Waals surface area contributed by atoms with Crippen molar-refractivity contribution in [1.82, 2.24) is 0 Å². The number of amides is 1. The molecule has 0 heterocycles. The van der Waals surface area contributed by atoms with Gasteiger partial charge in [-0.15, -0.1) is 0 Å². The van der Waals surface area contributed by atoms with E-state index in [1.165, 1.54) is 11.1 Å². The van der Waals surface area contributed by atoms with E-state index in [1.54, 1.807) is 0 Å². The summed E-state index contributed by atoms with van der Waals surface area (Å²) < 4.78 is 0. The highest BCUT2D eigenvalue weighted by atomic mass is 16.1. The summed E-state index contributed by atoms with van der Waals surface area (Å²) in [6.07, 6.45) is 4.21. The second kappa shape index (κ2) is 2.47. The van der Waals surface area contributed by atoms with Gasteiger partial charge in [0.2, 0.25) is 5.91 Å². The Morgan fingerprint density at radius 2 is 2.07 bits per heavy atom. The molecule has 1 aromatic carbocycles. The van der Waals surface area contributed by atoms with Crippen molar-refractivity contribution < 1.29 is 4.79 Å². The van der Waals surface area contributed by atoms with Gasteiger partial charge >= 0.3 is 0 Å². The van der Waals surface area contributed by atoms with Gasteiger partial charge in [-0.2, -0.15) is 0 Å². The Balaban J connectivity index is 2.06. The average molecular weight is 185 g/mol. The Morgan fingerprint density at radius 1 is 1.29 bits per heavy atom. The number of carbonyl (C=O) groups is 1. The first kappa shape index (κ1) is 7.80. The fourth-order valence-electron chi connectivity index (χ4n) is 2.52. The zero-order chi connectivity index (χ0) is 9.71. The largest absolute Gasteiger partial charge is 0.369 e. The maximum absolute atomic E-state index is 11.1. The molecule has 70 valence electrons. The third-order valence-electron chi connectivity index (χ3n) is 3.26. The van der Waals surface area contributed by atoms with E-state index in [9.17, 15) is 4.79 Å². The van der Waals surface area contributed by atoms with E-state index in [0.29, 0.717) is 11.8 Å². The molecule has 0 spiro atoms. The minimum Gasteiger partial charge on any atom is -0.369 e. The van der Waals surface area contributed by atoms with Gasteiger partial charge in [-0.05, 0) is 17.0 Å². The maximum atomic E-state index is 11.1. The molecule has 2 N–H and O–H groups in total. The predicted octanol–water partition coefficient (Wildman–Crippen LogP) is 1.53. The average Bonchev–Trinajstić information content (AvgIpc) is 2.92. The number of hydrogen-bond donors (Lipinski definition) is 1. The van der Waals surface area contributed by atoms with Gasteiger partial charge in [0.05, 0.1) is 5.92 Å². The summed E-state index contributed by atoms with van der Waals surface area (Å²) in [6, 6.07) is 8.22. The summed E-state index contributed by atoms with van der Waals surface area (Å²) in [6.45, 7) is 0. The lowest BCUT2D eigenvalue weighted by Gasteiger charge is -2.07. The summed E-state index contributed by atoms with van der Waals surface area (Å²) in [7, 11) is 0. The standard InChI is InChI=1S/C12H11NO/c13-12(14)11-9-6-5-7-3-1-2-4-8(7)10(9)11/h1-6,9-11H,(H2,13,14)/t9-,10+,11+/m0/s1. The molecule has 2 aliphatic carbocycles. The van der Waals surface area contributed by atoms with E-state index >= 15 is 0 Å². The van der Waals surface area contributed by atoms with Crippen LogP contribution in [0.25, 0.3) is 6.08 Å². The van der Waals surface area contributed by atoms with Crippen LogP contribution in [0.2, 0.25) is 0 Å². The first-order chi connectivity index (χ1) is 6.79. The molecular weight excluding hydrogens is 174 g/mol. The molecule has 3 rings (SSSR count). The minimum absolute atomic E-state index is 0.0369. The van der Waals surface area contributed by atoms with Crippen LogP contribution in [0.4, 0.5) is 0 Å². The van der Waals surface area contributed by atoms with E-state index in [-0.39, 0.29) is 11.8 Å². The molecule has 14 heavy (non-hydrogen) atoms. The summed E-state index contributed by atoms with van der Waals surface area (Å²) >= 11 is 0. The monoisotopic (exact) mass is 185 g/mol. The Labute approximate surface area is 82.4 Å². The van der Waals surface area contributed by atoms with Crippen LogP contribution in [-0.2, 0) is 4.79 Å². The van der Waals surface area contributed by atoms with Crippen LogP contribution in [0.15, 0.2) is 30.3 Å². The highest BCUT2D eigenvalue weighted by Crippen LogP contribution is 2.57. The van der Waals surface area contributed by atoms with Gasteiger partial charge in [-0.3, -0.25) is 4.79 Å². The number of primary amides is 1. The zero-order valence-corrected chi connectivity index (χ0v) is 7.68. The van der Waals surface area contributed by atoms with E-state index < -0.39 is 0 Å². The fourth-order valence-corrected chi connectivity index (χ4v) is 2.52. The number of rotatable bonds is 1. The second-order valence-electron chi connectivity index (χ2n) is 4.02. The Hall–Kier alpha value is -1.57. The molecule has 2 heteroatoms. The van der Waals surface area contributed by atoms with E-state index in [2.05, 4.69) is 24.3 Å². The van der Waals surface area contributed by atoms with Crippen LogP contribution in [0.5, 0.6) is 0 Å². The van der Waals surface area contributed by atoms with Crippen LogP contribution in [-0.4, -0.2) is 5.91 Å². The molecule has 0 aliphatic heterocycles. The molecule has 3 atom stereocenters. The van der Waals surface area contributed by atoms with Gasteiger partial charge in [0.15, 0.2) is 0 Å². The van der Waals surface area contributed by atoms with Crippen molar-refractivity contribution >= 4 is 12.0 Å². The number of hydrogen-bond acceptors (Lipinski definition) is 1. The van der Waals surface area contributed by atoms with Gasteiger partial charge in [-0.1, -0.05) is 36.4 Å². The number of nitrogens with two attached hydrogens (primary N) is 1. The summed E-state index contributed by atoms with van der Waals surface area (Å²) in [5, 5.41) is 0. The highest BCUT2D eigenvalue weighted by molar-refractivity contribution is 5.84. The molecule has 0 aromatic heterocycles. The Morgan fingerprint density at radius 3 is 2.86 bits per heavy atom. The topological polar surface area (TPSA) is 43.1 Å². The van der Waals surface area contributed by atoms with Crippen LogP contribution >= 0.6 is 0 Å². The first-order valence-electron chi connectivity index (χ1n) is 4.85. The third-order valence-corrected chi connectivity index (χ3v) is 3.26. The molecular formula is C12H11NO. The van der Waals surface area contributed by atoms with E-state index in [0.717, 1.165) is 0 Å². The number of fused-ring (bicyclic) bond motifs is 3. The second-order valence-corrected chi connectivity index (χ2v) is 4.02. The lowest BCUT2D eigenvalue weighted by Crippen LogP contribution is -2.14. The third kappa shape index (κ3) is 0.882. The normalized spacial score (nSPS) is 31.9. The molecule has 1 amide bonds. The molecule has 2 nitrogen and oxygen atoms in total. The lowest BCUT2D eigenvalue weighted by atomic mass is 9.97.